The summed E-state index contributed by atoms with van der Waals surface area (Å²) in [5.41, 5.74) is 0.495. The van der Waals surface area contributed by atoms with E-state index >= 15 is 0 Å². The van der Waals surface area contributed by atoms with E-state index in [2.05, 4.69) is 10.6 Å². The lowest BCUT2D eigenvalue weighted by atomic mass is 10.3. The summed E-state index contributed by atoms with van der Waals surface area (Å²) in [5, 5.41) is 5.99. The van der Waals surface area contributed by atoms with Gasteiger partial charge >= 0.3 is 0 Å². The molecule has 0 bridgehead atoms. The molecule has 0 aromatic heterocycles. The van der Waals surface area contributed by atoms with E-state index in [9.17, 15) is 13.2 Å². The Balaban J connectivity index is 1.95. The maximum Gasteiger partial charge on any atom is 0.242 e. The summed E-state index contributed by atoms with van der Waals surface area (Å²) < 4.78 is 25.2. The lowest BCUT2D eigenvalue weighted by Gasteiger charge is -2.12. The quantitative estimate of drug-likeness (QED) is 0.788. The second-order valence-electron chi connectivity index (χ2n) is 5.34. The Hall–Kier alpha value is -1.44. The van der Waals surface area contributed by atoms with Gasteiger partial charge in [0.25, 0.3) is 0 Å². The van der Waals surface area contributed by atoms with Crippen molar-refractivity contribution in [1.82, 2.24) is 9.62 Å². The molecule has 1 saturated carbocycles. The van der Waals surface area contributed by atoms with Crippen LogP contribution in [0.25, 0.3) is 0 Å². The van der Waals surface area contributed by atoms with Crippen molar-refractivity contribution in [1.29, 1.82) is 0 Å². The maximum absolute atomic E-state index is 12.0. The van der Waals surface area contributed by atoms with Crippen molar-refractivity contribution < 1.29 is 13.2 Å². The van der Waals surface area contributed by atoms with E-state index in [1.165, 1.54) is 39.1 Å². The van der Waals surface area contributed by atoms with Crippen LogP contribution in [0.5, 0.6) is 0 Å². The Labute approximate surface area is 125 Å². The van der Waals surface area contributed by atoms with Crippen molar-refractivity contribution in [3.63, 3.8) is 0 Å². The van der Waals surface area contributed by atoms with Gasteiger partial charge in [-0.2, -0.15) is 0 Å². The fraction of sp³-hybridized carbons (Fsp3) is 0.500. The lowest BCUT2D eigenvalue weighted by molar-refractivity contribution is -0.116. The van der Waals surface area contributed by atoms with Crippen molar-refractivity contribution in [2.24, 2.45) is 0 Å². The van der Waals surface area contributed by atoms with Gasteiger partial charge < -0.3 is 10.6 Å². The number of nitrogens with one attached hydrogen (secondary N) is 2. The molecule has 0 unspecified atom stereocenters. The summed E-state index contributed by atoms with van der Waals surface area (Å²) in [5.74, 6) is -0.123. The third kappa shape index (κ3) is 4.52. The number of rotatable bonds is 7. The predicted molar refractivity (Wildman–Crippen MR) is 81.6 cm³/mol. The van der Waals surface area contributed by atoms with E-state index in [0.717, 1.165) is 4.31 Å². The number of carbonyl (C=O) groups is 1. The molecule has 0 atom stereocenters. The van der Waals surface area contributed by atoms with E-state index in [1.807, 2.05) is 0 Å². The Bertz CT molecular complexity index is 610. The van der Waals surface area contributed by atoms with Gasteiger partial charge in [-0.15, -0.1) is 0 Å². The van der Waals surface area contributed by atoms with Gasteiger partial charge in [0, 0.05) is 38.8 Å². The Morgan fingerprint density at radius 3 is 2.67 bits per heavy atom. The van der Waals surface area contributed by atoms with Gasteiger partial charge in [0.2, 0.25) is 15.9 Å². The average molecular weight is 311 g/mol. The average Bonchev–Trinajstić information content (AvgIpc) is 3.23. The molecule has 1 aliphatic carbocycles. The number of hydrogen-bond donors (Lipinski definition) is 2. The summed E-state index contributed by atoms with van der Waals surface area (Å²) in [6.07, 6.45) is 2.75. The van der Waals surface area contributed by atoms with Gasteiger partial charge in [0.1, 0.15) is 0 Å². The SMILES string of the molecule is CN(C)S(=O)(=O)c1cccc(NC(=O)CCNC2CC2)c1. The maximum atomic E-state index is 12.0. The molecule has 1 fully saturated rings. The summed E-state index contributed by atoms with van der Waals surface area (Å²) in [4.78, 5) is 12.0. The minimum absolute atomic E-state index is 0.123. The van der Waals surface area contributed by atoms with Crippen LogP contribution in [0, 0.1) is 0 Å². The zero-order valence-corrected chi connectivity index (χ0v) is 13.1. The van der Waals surface area contributed by atoms with Crippen LogP contribution in [0.2, 0.25) is 0 Å². The first-order valence-electron chi connectivity index (χ1n) is 6.95. The number of sulfonamides is 1. The van der Waals surface area contributed by atoms with Crippen LogP contribution >= 0.6 is 0 Å². The highest BCUT2D eigenvalue weighted by Crippen LogP contribution is 2.19. The van der Waals surface area contributed by atoms with Gasteiger partial charge in [0.15, 0.2) is 0 Å². The van der Waals surface area contributed by atoms with E-state index in [1.54, 1.807) is 12.1 Å². The fourth-order valence-electron chi connectivity index (χ4n) is 1.85. The van der Waals surface area contributed by atoms with Crippen molar-refractivity contribution in [2.45, 2.75) is 30.2 Å². The number of amides is 1. The van der Waals surface area contributed by atoms with Gasteiger partial charge in [-0.25, -0.2) is 12.7 Å². The smallest absolute Gasteiger partial charge is 0.242 e. The number of benzene rings is 1. The topological polar surface area (TPSA) is 78.5 Å². The highest BCUT2D eigenvalue weighted by molar-refractivity contribution is 7.89. The van der Waals surface area contributed by atoms with Crippen LogP contribution in [0.15, 0.2) is 29.2 Å². The Morgan fingerprint density at radius 1 is 1.33 bits per heavy atom. The molecule has 7 heteroatoms. The summed E-state index contributed by atoms with van der Waals surface area (Å²) in [6.45, 7) is 0.645. The first-order chi connectivity index (χ1) is 9.89. The summed E-state index contributed by atoms with van der Waals surface area (Å²) in [6, 6.07) is 6.86. The molecule has 2 rings (SSSR count). The zero-order chi connectivity index (χ0) is 15.5. The van der Waals surface area contributed by atoms with Crippen LogP contribution < -0.4 is 10.6 Å². The molecule has 21 heavy (non-hydrogen) atoms. The molecule has 0 radical (unpaired) electrons. The van der Waals surface area contributed by atoms with Gasteiger partial charge in [-0.1, -0.05) is 6.07 Å². The second kappa shape index (κ2) is 6.55. The highest BCUT2D eigenvalue weighted by Gasteiger charge is 2.20. The van der Waals surface area contributed by atoms with Crippen LogP contribution in [0.4, 0.5) is 5.69 Å². The van der Waals surface area contributed by atoms with Gasteiger partial charge in [-0.3, -0.25) is 4.79 Å². The lowest BCUT2D eigenvalue weighted by Crippen LogP contribution is -2.24. The summed E-state index contributed by atoms with van der Waals surface area (Å²) in [7, 11) is -0.533. The van der Waals surface area contributed by atoms with Crippen molar-refractivity contribution >= 4 is 21.6 Å². The molecule has 1 aromatic rings. The standard InChI is InChI=1S/C14H21N3O3S/c1-17(2)21(19,20)13-5-3-4-12(10-13)16-14(18)8-9-15-11-6-7-11/h3-5,10-11,15H,6-9H2,1-2H3,(H,16,18). The van der Waals surface area contributed by atoms with Crippen molar-refractivity contribution in [3.8, 4) is 0 Å². The van der Waals surface area contributed by atoms with Crippen LogP contribution in [-0.2, 0) is 14.8 Å². The molecule has 0 aliphatic heterocycles. The highest BCUT2D eigenvalue weighted by atomic mass is 32.2. The first kappa shape index (κ1) is 15.9. The minimum atomic E-state index is -3.49. The molecular formula is C14H21N3O3S. The van der Waals surface area contributed by atoms with E-state index in [-0.39, 0.29) is 10.8 Å². The summed E-state index contributed by atoms with van der Waals surface area (Å²) >= 11 is 0. The number of nitrogens with zero attached hydrogens (tertiary/aromatic N) is 1. The molecule has 1 aliphatic rings. The molecule has 1 amide bonds. The molecule has 0 heterocycles. The Kier molecular flexibility index (Phi) is 4.97. The third-order valence-corrected chi connectivity index (χ3v) is 5.07. The second-order valence-corrected chi connectivity index (χ2v) is 7.49. The predicted octanol–water partition coefficient (Wildman–Crippen LogP) is 1.02. The first-order valence-corrected chi connectivity index (χ1v) is 8.39. The van der Waals surface area contributed by atoms with Gasteiger partial charge in [0.05, 0.1) is 4.90 Å². The van der Waals surface area contributed by atoms with Crippen molar-refractivity contribution in [2.75, 3.05) is 26.0 Å². The molecule has 0 spiro atoms. The molecule has 2 N–H and O–H groups in total. The van der Waals surface area contributed by atoms with Gasteiger partial charge in [-0.05, 0) is 31.0 Å². The molecule has 0 saturated heterocycles. The fourth-order valence-corrected chi connectivity index (χ4v) is 2.79. The van der Waals surface area contributed by atoms with Crippen LogP contribution in [0.1, 0.15) is 19.3 Å². The van der Waals surface area contributed by atoms with E-state index in [4.69, 9.17) is 0 Å². The zero-order valence-electron chi connectivity index (χ0n) is 12.3. The minimum Gasteiger partial charge on any atom is -0.326 e. The molecule has 1 aromatic carbocycles. The number of carbonyl (C=O) groups excluding carboxylic acids is 1. The van der Waals surface area contributed by atoms with E-state index in [0.29, 0.717) is 24.7 Å². The van der Waals surface area contributed by atoms with Crippen molar-refractivity contribution in [3.05, 3.63) is 24.3 Å². The third-order valence-electron chi connectivity index (χ3n) is 3.26. The monoisotopic (exact) mass is 311 g/mol. The Morgan fingerprint density at radius 2 is 2.05 bits per heavy atom. The van der Waals surface area contributed by atoms with Crippen LogP contribution in [-0.4, -0.2) is 45.3 Å². The normalized spacial score (nSPS) is 15.2. The van der Waals surface area contributed by atoms with E-state index < -0.39 is 10.0 Å². The molecule has 6 nitrogen and oxygen atoms in total. The number of hydrogen-bond acceptors (Lipinski definition) is 4. The largest absolute Gasteiger partial charge is 0.326 e. The van der Waals surface area contributed by atoms with Crippen LogP contribution in [0.3, 0.4) is 0 Å². The number of anilines is 1. The molecular weight excluding hydrogens is 290 g/mol. The molecule has 116 valence electrons.